The maximum Gasteiger partial charge on any atom is 0.248 e. The fourth-order valence-corrected chi connectivity index (χ4v) is 3.34. The number of halogens is 1. The molecule has 2 atom stereocenters. The van der Waals surface area contributed by atoms with Crippen LogP contribution in [0, 0.1) is 5.92 Å². The van der Waals surface area contributed by atoms with E-state index in [0.717, 1.165) is 19.5 Å². The van der Waals surface area contributed by atoms with Crippen LogP contribution in [0.5, 0.6) is 0 Å². The van der Waals surface area contributed by atoms with Crippen LogP contribution in [-0.4, -0.2) is 59.1 Å². The zero-order valence-corrected chi connectivity index (χ0v) is 14.4. The Hall–Kier alpha value is -0.850. The normalized spacial score (nSPS) is 25.9. The van der Waals surface area contributed by atoms with E-state index in [4.69, 9.17) is 0 Å². The van der Waals surface area contributed by atoms with Gasteiger partial charge in [-0.3, -0.25) is 9.59 Å². The van der Waals surface area contributed by atoms with Crippen LogP contribution in [0.4, 0.5) is 0 Å². The largest absolute Gasteiger partial charge is 0.390 e. The van der Waals surface area contributed by atoms with E-state index in [9.17, 15) is 14.7 Å². The van der Waals surface area contributed by atoms with Crippen molar-refractivity contribution >= 4 is 24.2 Å². The minimum atomic E-state index is -0.847. The summed E-state index contributed by atoms with van der Waals surface area (Å²) in [5.74, 6) is -0.328. The Labute approximate surface area is 138 Å². The number of nitrogens with one attached hydrogen (secondary N) is 2. The summed E-state index contributed by atoms with van der Waals surface area (Å²) in [6.07, 6.45) is 1.22. The van der Waals surface area contributed by atoms with Gasteiger partial charge < -0.3 is 20.6 Å². The predicted octanol–water partition coefficient (Wildman–Crippen LogP) is 0.284. The van der Waals surface area contributed by atoms with E-state index in [1.165, 1.54) is 0 Å². The molecule has 2 rings (SSSR count). The number of amides is 2. The summed E-state index contributed by atoms with van der Waals surface area (Å²) in [5.41, 5.74) is -0.731. The first kappa shape index (κ1) is 19.2. The number of hydrogen-bond donors (Lipinski definition) is 3. The lowest BCUT2D eigenvalue weighted by atomic mass is 9.81. The smallest absolute Gasteiger partial charge is 0.248 e. The van der Waals surface area contributed by atoms with E-state index in [0.29, 0.717) is 19.4 Å². The van der Waals surface area contributed by atoms with Crippen molar-refractivity contribution < 1.29 is 14.7 Å². The second kappa shape index (κ2) is 7.62. The molecule has 3 N–H and O–H groups in total. The third kappa shape index (κ3) is 3.24. The number of piperidine rings is 1. The van der Waals surface area contributed by atoms with Crippen molar-refractivity contribution in [1.82, 2.24) is 15.5 Å². The summed E-state index contributed by atoms with van der Waals surface area (Å²) in [5, 5.41) is 16.3. The first-order valence-electron chi connectivity index (χ1n) is 7.95. The summed E-state index contributed by atoms with van der Waals surface area (Å²) in [4.78, 5) is 27.2. The molecule has 2 heterocycles. The minimum Gasteiger partial charge on any atom is -0.390 e. The Morgan fingerprint density at radius 2 is 1.91 bits per heavy atom. The zero-order chi connectivity index (χ0) is 15.6. The molecule has 1 spiro atoms. The van der Waals surface area contributed by atoms with Gasteiger partial charge in [-0.2, -0.15) is 0 Å². The Balaban J connectivity index is 0.00000242. The van der Waals surface area contributed by atoms with E-state index in [2.05, 4.69) is 10.6 Å². The molecule has 128 valence electrons. The molecule has 2 fully saturated rings. The summed E-state index contributed by atoms with van der Waals surface area (Å²) < 4.78 is 0. The second-order valence-electron chi connectivity index (χ2n) is 6.46. The van der Waals surface area contributed by atoms with Crippen molar-refractivity contribution in [1.29, 1.82) is 0 Å². The average Bonchev–Trinajstić information content (AvgIpc) is 2.48. The topological polar surface area (TPSA) is 81.7 Å². The van der Waals surface area contributed by atoms with Crippen molar-refractivity contribution in [3.8, 4) is 0 Å². The minimum absolute atomic E-state index is 0. The molecule has 0 aliphatic carbocycles. The van der Waals surface area contributed by atoms with Gasteiger partial charge in [-0.05, 0) is 38.3 Å². The van der Waals surface area contributed by atoms with Gasteiger partial charge in [-0.15, -0.1) is 12.4 Å². The van der Waals surface area contributed by atoms with Crippen LogP contribution in [0.3, 0.4) is 0 Å². The molecule has 2 saturated heterocycles. The average molecular weight is 334 g/mol. The number of nitrogens with zero attached hydrogens (tertiary/aromatic N) is 1. The summed E-state index contributed by atoms with van der Waals surface area (Å²) in [7, 11) is 0. The highest BCUT2D eigenvalue weighted by Crippen LogP contribution is 2.32. The molecular weight excluding hydrogens is 306 g/mol. The molecule has 2 aliphatic heterocycles. The fraction of sp³-hybridized carbons (Fsp3) is 0.867. The molecule has 22 heavy (non-hydrogen) atoms. The summed E-state index contributed by atoms with van der Waals surface area (Å²) >= 11 is 0. The van der Waals surface area contributed by atoms with E-state index < -0.39 is 17.7 Å². The van der Waals surface area contributed by atoms with Gasteiger partial charge in [0.2, 0.25) is 11.8 Å². The molecule has 0 aromatic carbocycles. The van der Waals surface area contributed by atoms with Crippen molar-refractivity contribution in [3.63, 3.8) is 0 Å². The van der Waals surface area contributed by atoms with Gasteiger partial charge in [0.05, 0.1) is 6.10 Å². The van der Waals surface area contributed by atoms with E-state index >= 15 is 0 Å². The monoisotopic (exact) mass is 333 g/mol. The van der Waals surface area contributed by atoms with Gasteiger partial charge in [0, 0.05) is 6.54 Å². The number of carbonyl (C=O) groups is 2. The van der Waals surface area contributed by atoms with Crippen molar-refractivity contribution in [2.75, 3.05) is 19.6 Å². The van der Waals surface area contributed by atoms with E-state index in [1.54, 1.807) is 4.90 Å². The zero-order valence-electron chi connectivity index (χ0n) is 13.6. The van der Waals surface area contributed by atoms with Gasteiger partial charge >= 0.3 is 0 Å². The molecule has 0 aromatic rings. The maximum absolute atomic E-state index is 12.8. The van der Waals surface area contributed by atoms with Crippen LogP contribution in [0.15, 0.2) is 0 Å². The predicted molar refractivity (Wildman–Crippen MR) is 86.9 cm³/mol. The fourth-order valence-electron chi connectivity index (χ4n) is 3.34. The van der Waals surface area contributed by atoms with Crippen LogP contribution in [0.1, 0.15) is 40.0 Å². The van der Waals surface area contributed by atoms with Crippen LogP contribution in [0.25, 0.3) is 0 Å². The van der Waals surface area contributed by atoms with Crippen molar-refractivity contribution in [2.45, 2.75) is 57.7 Å². The molecule has 0 unspecified atom stereocenters. The van der Waals surface area contributed by atoms with Crippen molar-refractivity contribution in [3.05, 3.63) is 0 Å². The van der Waals surface area contributed by atoms with Gasteiger partial charge in [0.1, 0.15) is 11.6 Å². The van der Waals surface area contributed by atoms with Gasteiger partial charge in [0.25, 0.3) is 0 Å². The lowest BCUT2D eigenvalue weighted by Crippen LogP contribution is -2.74. The SMILES string of the molecule is CCCN1C(=O)[C@@H]([C@H](O)C(C)C)NC(=O)C12CCNCC2.Cl. The van der Waals surface area contributed by atoms with E-state index in [1.807, 2.05) is 20.8 Å². The molecule has 7 heteroatoms. The first-order chi connectivity index (χ1) is 9.94. The second-order valence-corrected chi connectivity index (χ2v) is 6.46. The molecule has 0 aromatic heterocycles. The molecular formula is C15H28ClN3O3. The third-order valence-corrected chi connectivity index (χ3v) is 4.66. The number of aliphatic hydroxyl groups is 1. The highest BCUT2D eigenvalue weighted by Gasteiger charge is 2.53. The Bertz CT molecular complexity index is 411. The number of rotatable bonds is 4. The number of piperazine rings is 1. The molecule has 2 aliphatic rings. The molecule has 6 nitrogen and oxygen atoms in total. The molecule has 2 amide bonds. The van der Waals surface area contributed by atoms with Gasteiger partial charge in [0.15, 0.2) is 0 Å². The maximum atomic E-state index is 12.8. The summed E-state index contributed by atoms with van der Waals surface area (Å²) in [6, 6.07) is -0.815. The number of carbonyl (C=O) groups excluding carboxylic acids is 2. The van der Waals surface area contributed by atoms with Crippen LogP contribution in [-0.2, 0) is 9.59 Å². The lowest BCUT2D eigenvalue weighted by molar-refractivity contribution is -0.163. The number of aliphatic hydroxyl groups excluding tert-OH is 1. The highest BCUT2D eigenvalue weighted by atomic mass is 35.5. The van der Waals surface area contributed by atoms with Crippen molar-refractivity contribution in [2.24, 2.45) is 5.92 Å². The van der Waals surface area contributed by atoms with Gasteiger partial charge in [-0.25, -0.2) is 0 Å². The Kier molecular flexibility index (Phi) is 6.65. The van der Waals surface area contributed by atoms with E-state index in [-0.39, 0.29) is 30.1 Å². The molecule has 0 saturated carbocycles. The Morgan fingerprint density at radius 3 is 2.41 bits per heavy atom. The van der Waals surface area contributed by atoms with Crippen LogP contribution >= 0.6 is 12.4 Å². The molecule has 0 radical (unpaired) electrons. The molecule has 0 bridgehead atoms. The summed E-state index contributed by atoms with van der Waals surface area (Å²) in [6.45, 7) is 7.74. The van der Waals surface area contributed by atoms with Gasteiger partial charge in [-0.1, -0.05) is 20.8 Å². The van der Waals surface area contributed by atoms with Crippen LogP contribution < -0.4 is 10.6 Å². The number of hydrogen-bond acceptors (Lipinski definition) is 4. The van der Waals surface area contributed by atoms with Crippen LogP contribution in [0.2, 0.25) is 0 Å². The standard InChI is InChI=1S/C15H27N3O3.ClH/c1-4-9-18-13(20)11(12(19)10(2)3)17-14(21)15(18)5-7-16-8-6-15;/h10-12,16,19H,4-9H2,1-3H3,(H,17,21);1H/t11-,12-;/m1./s1. The third-order valence-electron chi connectivity index (χ3n) is 4.66. The Morgan fingerprint density at radius 1 is 1.32 bits per heavy atom. The quantitative estimate of drug-likeness (QED) is 0.690. The lowest BCUT2D eigenvalue weighted by Gasteiger charge is -2.51. The highest BCUT2D eigenvalue weighted by molar-refractivity contribution is 6.00. The first-order valence-corrected chi connectivity index (χ1v) is 7.95.